The van der Waals surface area contributed by atoms with E-state index in [1.165, 1.54) is 6.92 Å². The maximum atomic E-state index is 13.4. The maximum Gasteiger partial charge on any atom is 0.334 e. The molecule has 0 aliphatic rings. The number of rotatable bonds is 2. The lowest BCUT2D eigenvalue weighted by Crippen LogP contribution is -2.35. The second-order valence-electron chi connectivity index (χ2n) is 3.93. The SMILES string of the molecule is Cc1c(Cl)[nH]c(=O)n(-c2cc(F)cc([N+](=O)[O-])c2)c1=O. The number of nitrogens with zero attached hydrogens (tertiary/aromatic N) is 2. The van der Waals surface area contributed by atoms with Gasteiger partial charge in [0.05, 0.1) is 22.2 Å². The minimum atomic E-state index is -0.937. The van der Waals surface area contributed by atoms with Gasteiger partial charge in [0.15, 0.2) is 0 Å². The number of aromatic amines is 1. The quantitative estimate of drug-likeness (QED) is 0.516. The average molecular weight is 300 g/mol. The number of halogens is 2. The number of nitrogens with one attached hydrogen (secondary N) is 1. The Morgan fingerprint density at radius 1 is 1.35 bits per heavy atom. The van der Waals surface area contributed by atoms with E-state index in [1.54, 1.807) is 0 Å². The Morgan fingerprint density at radius 3 is 2.60 bits per heavy atom. The van der Waals surface area contributed by atoms with Gasteiger partial charge in [-0.15, -0.1) is 0 Å². The second-order valence-corrected chi connectivity index (χ2v) is 4.31. The minimum Gasteiger partial charge on any atom is -0.297 e. The fraction of sp³-hybridized carbons (Fsp3) is 0.0909. The van der Waals surface area contributed by atoms with Gasteiger partial charge in [-0.1, -0.05) is 11.6 Å². The number of non-ortho nitro benzene ring substituents is 1. The van der Waals surface area contributed by atoms with Gasteiger partial charge in [0.2, 0.25) is 0 Å². The maximum absolute atomic E-state index is 13.4. The Kier molecular flexibility index (Phi) is 3.41. The van der Waals surface area contributed by atoms with Crippen LogP contribution in [0.4, 0.5) is 10.1 Å². The third kappa shape index (κ3) is 2.32. The van der Waals surface area contributed by atoms with Crippen LogP contribution in [0, 0.1) is 22.9 Å². The van der Waals surface area contributed by atoms with Crippen LogP contribution in [0.1, 0.15) is 5.56 Å². The van der Waals surface area contributed by atoms with Crippen LogP contribution in [0.3, 0.4) is 0 Å². The van der Waals surface area contributed by atoms with Gasteiger partial charge < -0.3 is 0 Å². The van der Waals surface area contributed by atoms with Crippen LogP contribution in [-0.4, -0.2) is 14.5 Å². The van der Waals surface area contributed by atoms with Crippen molar-refractivity contribution < 1.29 is 9.31 Å². The zero-order chi connectivity index (χ0) is 15.0. The van der Waals surface area contributed by atoms with E-state index in [0.717, 1.165) is 12.1 Å². The highest BCUT2D eigenvalue weighted by Gasteiger charge is 2.15. The van der Waals surface area contributed by atoms with Gasteiger partial charge >= 0.3 is 5.69 Å². The Hall–Kier alpha value is -2.48. The number of nitro benzene ring substituents is 1. The number of hydrogen-bond acceptors (Lipinski definition) is 4. The van der Waals surface area contributed by atoms with E-state index in [2.05, 4.69) is 4.98 Å². The van der Waals surface area contributed by atoms with Crippen LogP contribution < -0.4 is 11.2 Å². The van der Waals surface area contributed by atoms with E-state index in [4.69, 9.17) is 11.6 Å². The van der Waals surface area contributed by atoms with Crippen molar-refractivity contribution in [3.05, 3.63) is 65.7 Å². The fourth-order valence-electron chi connectivity index (χ4n) is 1.63. The highest BCUT2D eigenvalue weighted by molar-refractivity contribution is 6.30. The number of aromatic nitrogens is 2. The fourth-order valence-corrected chi connectivity index (χ4v) is 1.79. The summed E-state index contributed by atoms with van der Waals surface area (Å²) in [5.74, 6) is -0.937. The van der Waals surface area contributed by atoms with Crippen molar-refractivity contribution in [1.29, 1.82) is 0 Å². The first kappa shape index (κ1) is 13.9. The van der Waals surface area contributed by atoms with E-state index in [0.29, 0.717) is 10.6 Å². The van der Waals surface area contributed by atoms with Crippen molar-refractivity contribution in [2.45, 2.75) is 6.92 Å². The summed E-state index contributed by atoms with van der Waals surface area (Å²) in [5.41, 5.74) is -2.47. The van der Waals surface area contributed by atoms with Crippen LogP contribution in [0.2, 0.25) is 5.15 Å². The molecule has 0 bridgehead atoms. The smallest absolute Gasteiger partial charge is 0.297 e. The van der Waals surface area contributed by atoms with Crippen molar-refractivity contribution in [2.75, 3.05) is 0 Å². The van der Waals surface area contributed by atoms with E-state index in [9.17, 15) is 24.1 Å². The van der Waals surface area contributed by atoms with Gasteiger partial charge in [0.1, 0.15) is 11.0 Å². The van der Waals surface area contributed by atoms with Crippen LogP contribution in [-0.2, 0) is 0 Å². The van der Waals surface area contributed by atoms with Gasteiger partial charge in [0.25, 0.3) is 11.2 Å². The molecule has 7 nitrogen and oxygen atoms in total. The van der Waals surface area contributed by atoms with Gasteiger partial charge in [-0.3, -0.25) is 19.9 Å². The molecule has 0 unspecified atom stereocenters. The summed E-state index contributed by atoms with van der Waals surface area (Å²) in [7, 11) is 0. The molecule has 0 spiro atoms. The number of hydrogen-bond donors (Lipinski definition) is 1. The summed E-state index contributed by atoms with van der Waals surface area (Å²) < 4.78 is 13.9. The Labute approximate surface area is 115 Å². The largest absolute Gasteiger partial charge is 0.334 e. The molecule has 104 valence electrons. The summed E-state index contributed by atoms with van der Waals surface area (Å²) in [6, 6.07) is 2.45. The predicted molar refractivity (Wildman–Crippen MR) is 69.0 cm³/mol. The van der Waals surface area contributed by atoms with Crippen LogP contribution >= 0.6 is 11.6 Å². The molecule has 1 aromatic heterocycles. The molecule has 0 aliphatic heterocycles. The molecule has 1 N–H and O–H groups in total. The summed E-state index contributed by atoms with van der Waals surface area (Å²) in [4.78, 5) is 35.7. The van der Waals surface area contributed by atoms with Crippen molar-refractivity contribution in [2.24, 2.45) is 0 Å². The molecule has 0 saturated heterocycles. The summed E-state index contributed by atoms with van der Waals surface area (Å²) >= 11 is 5.64. The first-order valence-corrected chi connectivity index (χ1v) is 5.66. The normalized spacial score (nSPS) is 10.6. The number of benzene rings is 1. The van der Waals surface area contributed by atoms with E-state index in [-0.39, 0.29) is 16.4 Å². The standard InChI is InChI=1S/C11H7ClFN3O4/c1-5-9(12)14-11(18)15(10(5)17)7-2-6(13)3-8(4-7)16(19)20/h2-4H,1H3,(H,14,18). The molecule has 0 radical (unpaired) electrons. The number of H-pyrrole nitrogens is 1. The molecular formula is C11H7ClFN3O4. The van der Waals surface area contributed by atoms with Gasteiger partial charge in [-0.05, 0) is 13.0 Å². The highest BCUT2D eigenvalue weighted by atomic mass is 35.5. The zero-order valence-electron chi connectivity index (χ0n) is 10.0. The summed E-state index contributed by atoms with van der Waals surface area (Å²) in [6.45, 7) is 1.37. The van der Waals surface area contributed by atoms with E-state index < -0.39 is 27.7 Å². The van der Waals surface area contributed by atoms with E-state index in [1.807, 2.05) is 0 Å². The summed E-state index contributed by atoms with van der Waals surface area (Å²) in [6.07, 6.45) is 0. The van der Waals surface area contributed by atoms with Gasteiger partial charge in [-0.25, -0.2) is 13.8 Å². The van der Waals surface area contributed by atoms with Crippen molar-refractivity contribution >= 4 is 17.3 Å². The monoisotopic (exact) mass is 299 g/mol. The Balaban J connectivity index is 2.82. The average Bonchev–Trinajstić information content (AvgIpc) is 2.35. The molecule has 0 atom stereocenters. The van der Waals surface area contributed by atoms with Crippen molar-refractivity contribution in [3.8, 4) is 5.69 Å². The van der Waals surface area contributed by atoms with Crippen molar-refractivity contribution in [1.82, 2.24) is 9.55 Å². The highest BCUT2D eigenvalue weighted by Crippen LogP contribution is 2.18. The molecule has 0 amide bonds. The lowest BCUT2D eigenvalue weighted by Gasteiger charge is -2.06. The first-order valence-electron chi connectivity index (χ1n) is 5.28. The predicted octanol–water partition coefficient (Wildman–Crippen LogP) is 1.53. The zero-order valence-corrected chi connectivity index (χ0v) is 10.8. The molecule has 20 heavy (non-hydrogen) atoms. The molecule has 2 aromatic rings. The molecule has 9 heteroatoms. The Morgan fingerprint density at radius 2 is 2.00 bits per heavy atom. The van der Waals surface area contributed by atoms with Gasteiger partial charge in [0, 0.05) is 6.07 Å². The molecule has 1 aromatic carbocycles. The third-order valence-corrected chi connectivity index (χ3v) is 2.99. The molecule has 0 fully saturated rings. The molecular weight excluding hydrogens is 293 g/mol. The first-order chi connectivity index (χ1) is 9.31. The lowest BCUT2D eigenvalue weighted by atomic mass is 10.2. The minimum absolute atomic E-state index is 0.0400. The Bertz CT molecular complexity index is 827. The second kappa shape index (κ2) is 4.89. The summed E-state index contributed by atoms with van der Waals surface area (Å²) in [5, 5.41) is 10.5. The molecule has 2 rings (SSSR count). The number of nitro groups is 1. The van der Waals surface area contributed by atoms with Crippen LogP contribution in [0.15, 0.2) is 27.8 Å². The lowest BCUT2D eigenvalue weighted by molar-refractivity contribution is -0.385. The molecule has 0 aliphatic carbocycles. The van der Waals surface area contributed by atoms with Crippen LogP contribution in [0.25, 0.3) is 5.69 Å². The van der Waals surface area contributed by atoms with Crippen molar-refractivity contribution in [3.63, 3.8) is 0 Å². The molecule has 1 heterocycles. The van der Waals surface area contributed by atoms with E-state index >= 15 is 0 Å². The van der Waals surface area contributed by atoms with Gasteiger partial charge in [-0.2, -0.15) is 0 Å². The third-order valence-electron chi connectivity index (χ3n) is 2.61. The van der Waals surface area contributed by atoms with Crippen LogP contribution in [0.5, 0.6) is 0 Å². The molecule has 0 saturated carbocycles. The topological polar surface area (TPSA) is 98.0 Å².